The third-order valence-electron chi connectivity index (χ3n) is 2.82. The molecule has 0 radical (unpaired) electrons. The fourth-order valence-electron chi connectivity index (χ4n) is 1.79. The van der Waals surface area contributed by atoms with Crippen molar-refractivity contribution in [2.24, 2.45) is 0 Å². The van der Waals surface area contributed by atoms with Gasteiger partial charge in [-0.3, -0.25) is 10.1 Å². The van der Waals surface area contributed by atoms with E-state index in [1.165, 1.54) is 30.3 Å². The summed E-state index contributed by atoms with van der Waals surface area (Å²) in [6.45, 7) is 3.31. The van der Waals surface area contributed by atoms with Gasteiger partial charge in [0.05, 0.1) is 10.5 Å². The van der Waals surface area contributed by atoms with Crippen molar-refractivity contribution < 1.29 is 19.6 Å². The Morgan fingerprint density at radius 1 is 1.29 bits per heavy atom. The number of pyridine rings is 1. The van der Waals surface area contributed by atoms with Crippen molar-refractivity contribution in [2.45, 2.75) is 13.8 Å². The molecule has 1 aromatic heterocycles. The predicted octanol–water partition coefficient (Wildman–Crippen LogP) is 3.10. The smallest absolute Gasteiger partial charge is 0.335 e. The summed E-state index contributed by atoms with van der Waals surface area (Å²) in [7, 11) is 0. The van der Waals surface area contributed by atoms with Gasteiger partial charge in [0, 0.05) is 11.8 Å². The second-order valence-electron chi connectivity index (χ2n) is 4.42. The van der Waals surface area contributed by atoms with E-state index < -0.39 is 10.9 Å². The third kappa shape index (κ3) is 3.14. The Morgan fingerprint density at radius 3 is 2.57 bits per heavy atom. The summed E-state index contributed by atoms with van der Waals surface area (Å²) in [5, 5.41) is 19.9. The monoisotopic (exact) mass is 288 g/mol. The van der Waals surface area contributed by atoms with Gasteiger partial charge in [0.2, 0.25) is 0 Å². The molecule has 0 amide bonds. The maximum atomic E-state index is 10.9. The number of rotatable bonds is 4. The maximum absolute atomic E-state index is 10.9. The topological polar surface area (TPSA) is 103 Å². The van der Waals surface area contributed by atoms with Gasteiger partial charge in [-0.15, -0.1) is 0 Å². The van der Waals surface area contributed by atoms with Crippen molar-refractivity contribution in [1.82, 2.24) is 4.98 Å². The molecule has 0 aliphatic carbocycles. The highest BCUT2D eigenvalue weighted by Crippen LogP contribution is 2.30. The minimum absolute atomic E-state index is 0.123. The van der Waals surface area contributed by atoms with Crippen molar-refractivity contribution in [2.75, 3.05) is 0 Å². The number of aryl methyl sites for hydroxylation is 2. The Hall–Kier alpha value is -2.96. The Morgan fingerprint density at radius 2 is 2.00 bits per heavy atom. The Bertz CT molecular complexity index is 727. The van der Waals surface area contributed by atoms with E-state index in [0.717, 1.165) is 0 Å². The first-order valence-corrected chi connectivity index (χ1v) is 6.02. The van der Waals surface area contributed by atoms with E-state index in [1.54, 1.807) is 13.8 Å². The average molecular weight is 288 g/mol. The molecule has 0 atom stereocenters. The molecule has 0 saturated heterocycles. The van der Waals surface area contributed by atoms with Crippen LogP contribution >= 0.6 is 0 Å². The largest absolute Gasteiger partial charge is 0.478 e. The molecule has 7 nitrogen and oxygen atoms in total. The number of ether oxygens (including phenoxy) is 1. The number of nitro groups is 1. The molecule has 108 valence electrons. The van der Waals surface area contributed by atoms with Gasteiger partial charge in [-0.05, 0) is 43.7 Å². The van der Waals surface area contributed by atoms with Crippen LogP contribution < -0.4 is 4.74 Å². The summed E-state index contributed by atoms with van der Waals surface area (Å²) in [5.41, 5.74) is 0.972. The molecule has 1 N–H and O–H groups in total. The lowest BCUT2D eigenvalue weighted by molar-refractivity contribution is -0.386. The molecule has 0 saturated carbocycles. The average Bonchev–Trinajstić information content (AvgIpc) is 2.37. The zero-order chi connectivity index (χ0) is 15.6. The van der Waals surface area contributed by atoms with Gasteiger partial charge < -0.3 is 9.84 Å². The minimum Gasteiger partial charge on any atom is -0.478 e. The van der Waals surface area contributed by atoms with Crippen LogP contribution in [0.25, 0.3) is 0 Å². The SMILES string of the molecule is Cc1ccc([N+](=O)[O-])c(Oc2ccc(C(=O)O)c(C)c2)n1. The second-order valence-corrected chi connectivity index (χ2v) is 4.42. The molecule has 7 heteroatoms. The fourth-order valence-corrected chi connectivity index (χ4v) is 1.79. The van der Waals surface area contributed by atoms with Crippen molar-refractivity contribution in [1.29, 1.82) is 0 Å². The molecule has 0 fully saturated rings. The molecule has 0 unspecified atom stereocenters. The molecule has 1 aromatic carbocycles. The van der Waals surface area contributed by atoms with Crippen LogP contribution in [0.1, 0.15) is 21.6 Å². The lowest BCUT2D eigenvalue weighted by Gasteiger charge is -2.08. The number of hydrogen-bond acceptors (Lipinski definition) is 5. The van der Waals surface area contributed by atoms with Gasteiger partial charge in [0.25, 0.3) is 5.88 Å². The van der Waals surface area contributed by atoms with E-state index >= 15 is 0 Å². The number of carboxylic acids is 1. The van der Waals surface area contributed by atoms with E-state index in [4.69, 9.17) is 9.84 Å². The normalized spacial score (nSPS) is 10.2. The van der Waals surface area contributed by atoms with E-state index in [1.807, 2.05) is 0 Å². The fraction of sp³-hybridized carbons (Fsp3) is 0.143. The third-order valence-corrected chi connectivity index (χ3v) is 2.82. The van der Waals surface area contributed by atoms with E-state index in [9.17, 15) is 14.9 Å². The molecular weight excluding hydrogens is 276 g/mol. The molecule has 2 aromatic rings. The first-order chi connectivity index (χ1) is 9.88. The Balaban J connectivity index is 2.38. The summed E-state index contributed by atoms with van der Waals surface area (Å²) >= 11 is 0. The number of carboxylic acid groups (broad SMARTS) is 1. The van der Waals surface area contributed by atoms with Crippen LogP contribution in [-0.4, -0.2) is 21.0 Å². The van der Waals surface area contributed by atoms with Crippen LogP contribution in [0.3, 0.4) is 0 Å². The van der Waals surface area contributed by atoms with Crippen molar-refractivity contribution in [3.8, 4) is 11.6 Å². The number of nitrogens with zero attached hydrogens (tertiary/aromatic N) is 2. The molecule has 2 rings (SSSR count). The van der Waals surface area contributed by atoms with Crippen molar-refractivity contribution >= 4 is 11.7 Å². The number of benzene rings is 1. The van der Waals surface area contributed by atoms with Crippen LogP contribution in [0.4, 0.5) is 5.69 Å². The molecule has 0 spiro atoms. The Labute approximate surface area is 120 Å². The van der Waals surface area contributed by atoms with Gasteiger partial charge in [-0.2, -0.15) is 0 Å². The first-order valence-electron chi connectivity index (χ1n) is 6.02. The summed E-state index contributed by atoms with van der Waals surface area (Å²) in [4.78, 5) is 25.3. The van der Waals surface area contributed by atoms with Crippen molar-refractivity contribution in [3.63, 3.8) is 0 Å². The summed E-state index contributed by atoms with van der Waals surface area (Å²) in [5.74, 6) is -0.875. The molecule has 0 aliphatic rings. The lowest BCUT2D eigenvalue weighted by Crippen LogP contribution is -2.01. The van der Waals surface area contributed by atoms with Crippen LogP contribution in [-0.2, 0) is 0 Å². The molecule has 1 heterocycles. The van der Waals surface area contributed by atoms with Crippen LogP contribution in [0.15, 0.2) is 30.3 Å². The zero-order valence-corrected chi connectivity index (χ0v) is 11.4. The lowest BCUT2D eigenvalue weighted by atomic mass is 10.1. The Kier molecular flexibility index (Phi) is 3.84. The summed E-state index contributed by atoms with van der Waals surface area (Å²) in [6.07, 6.45) is 0. The van der Waals surface area contributed by atoms with E-state index in [-0.39, 0.29) is 17.1 Å². The highest BCUT2D eigenvalue weighted by molar-refractivity contribution is 5.89. The van der Waals surface area contributed by atoms with Gasteiger partial charge in [0.15, 0.2) is 0 Å². The predicted molar refractivity (Wildman–Crippen MR) is 73.8 cm³/mol. The van der Waals surface area contributed by atoms with Gasteiger partial charge in [0.1, 0.15) is 5.75 Å². The molecular formula is C14H12N2O5. The zero-order valence-electron chi connectivity index (χ0n) is 11.4. The van der Waals surface area contributed by atoms with E-state index in [2.05, 4.69) is 4.98 Å². The number of aromatic nitrogens is 1. The first kappa shape index (κ1) is 14.4. The summed E-state index contributed by atoms with van der Waals surface area (Å²) in [6, 6.07) is 7.15. The van der Waals surface area contributed by atoms with Gasteiger partial charge >= 0.3 is 11.7 Å². The number of carbonyl (C=O) groups is 1. The van der Waals surface area contributed by atoms with Gasteiger partial charge in [-0.1, -0.05) is 0 Å². The van der Waals surface area contributed by atoms with Crippen LogP contribution in [0.5, 0.6) is 11.6 Å². The van der Waals surface area contributed by atoms with Gasteiger partial charge in [-0.25, -0.2) is 9.78 Å². The highest BCUT2D eigenvalue weighted by atomic mass is 16.6. The molecule has 0 bridgehead atoms. The highest BCUT2D eigenvalue weighted by Gasteiger charge is 2.18. The maximum Gasteiger partial charge on any atom is 0.335 e. The molecule has 0 aliphatic heterocycles. The van der Waals surface area contributed by atoms with Crippen LogP contribution in [0, 0.1) is 24.0 Å². The van der Waals surface area contributed by atoms with Crippen molar-refractivity contribution in [3.05, 3.63) is 57.3 Å². The molecule has 21 heavy (non-hydrogen) atoms. The van der Waals surface area contributed by atoms with E-state index in [0.29, 0.717) is 17.0 Å². The van der Waals surface area contributed by atoms with Crippen LogP contribution in [0.2, 0.25) is 0 Å². The number of aromatic carboxylic acids is 1. The summed E-state index contributed by atoms with van der Waals surface area (Å²) < 4.78 is 5.42. The number of hydrogen-bond donors (Lipinski definition) is 1. The second kappa shape index (κ2) is 5.58. The standard InChI is InChI=1S/C14H12N2O5/c1-8-7-10(4-5-11(8)14(17)18)21-13-12(16(19)20)6-3-9(2)15-13/h3-7H,1-2H3,(H,17,18). The quantitative estimate of drug-likeness (QED) is 0.685. The minimum atomic E-state index is -1.04.